The van der Waals surface area contributed by atoms with Crippen LogP contribution in [0.15, 0.2) is 41.6 Å². The molecule has 0 fully saturated rings. The van der Waals surface area contributed by atoms with Gasteiger partial charge in [-0.3, -0.25) is 4.79 Å². The summed E-state index contributed by atoms with van der Waals surface area (Å²) >= 11 is 0. The van der Waals surface area contributed by atoms with Crippen LogP contribution in [-0.2, 0) is 9.63 Å². The van der Waals surface area contributed by atoms with Crippen LogP contribution in [0.3, 0.4) is 0 Å². The fourth-order valence-corrected chi connectivity index (χ4v) is 1.04. The highest BCUT2D eigenvalue weighted by Crippen LogP contribution is 2.01. The van der Waals surface area contributed by atoms with E-state index in [1.165, 1.54) is 13.2 Å². The smallest absolute Gasteiger partial charge is 0.203 e. The number of hydrogen-bond acceptors (Lipinski definition) is 3. The van der Waals surface area contributed by atoms with E-state index in [1.54, 1.807) is 13.0 Å². The third-order valence-electron chi connectivity index (χ3n) is 1.81. The zero-order valence-corrected chi connectivity index (χ0v) is 8.81. The molecule has 0 radical (unpaired) electrons. The van der Waals surface area contributed by atoms with E-state index in [1.807, 2.05) is 30.3 Å². The summed E-state index contributed by atoms with van der Waals surface area (Å²) in [7, 11) is 1.41. The fourth-order valence-electron chi connectivity index (χ4n) is 1.04. The van der Waals surface area contributed by atoms with Gasteiger partial charge in [0.2, 0.25) is 5.78 Å². The normalized spacial score (nSPS) is 11.7. The summed E-state index contributed by atoms with van der Waals surface area (Å²) in [6.45, 7) is 1.61. The van der Waals surface area contributed by atoms with E-state index in [0.717, 1.165) is 5.56 Å². The second-order valence-corrected chi connectivity index (χ2v) is 2.97. The molecule has 3 heteroatoms. The van der Waals surface area contributed by atoms with Crippen molar-refractivity contribution in [3.05, 3.63) is 42.0 Å². The van der Waals surface area contributed by atoms with Gasteiger partial charge in [0.05, 0.1) is 0 Å². The fraction of sp³-hybridized carbons (Fsp3) is 0.167. The lowest BCUT2D eigenvalue weighted by Gasteiger charge is -1.93. The van der Waals surface area contributed by atoms with Crippen molar-refractivity contribution in [2.75, 3.05) is 7.11 Å². The van der Waals surface area contributed by atoms with Gasteiger partial charge in [-0.15, -0.1) is 0 Å². The van der Waals surface area contributed by atoms with Gasteiger partial charge in [0.15, 0.2) is 0 Å². The van der Waals surface area contributed by atoms with Gasteiger partial charge in [-0.25, -0.2) is 0 Å². The maximum absolute atomic E-state index is 11.4. The average molecular weight is 203 g/mol. The Morgan fingerprint density at radius 1 is 1.33 bits per heavy atom. The summed E-state index contributed by atoms with van der Waals surface area (Å²) in [5, 5.41) is 3.55. The Morgan fingerprint density at radius 2 is 2.00 bits per heavy atom. The first-order valence-electron chi connectivity index (χ1n) is 4.59. The molecule has 0 aliphatic carbocycles. The molecule has 0 saturated heterocycles. The van der Waals surface area contributed by atoms with Gasteiger partial charge in [0.25, 0.3) is 0 Å². The molecule has 78 valence electrons. The summed E-state index contributed by atoms with van der Waals surface area (Å²) in [5.74, 6) is -0.152. The molecular formula is C12H13NO2. The molecule has 0 aliphatic heterocycles. The zero-order valence-electron chi connectivity index (χ0n) is 8.81. The Labute approximate surface area is 89.1 Å². The van der Waals surface area contributed by atoms with Crippen LogP contribution in [0, 0.1) is 0 Å². The van der Waals surface area contributed by atoms with Crippen molar-refractivity contribution >= 4 is 17.6 Å². The van der Waals surface area contributed by atoms with Gasteiger partial charge in [-0.1, -0.05) is 41.6 Å². The summed E-state index contributed by atoms with van der Waals surface area (Å²) in [6.07, 6.45) is 3.23. The minimum absolute atomic E-state index is 0.152. The van der Waals surface area contributed by atoms with Gasteiger partial charge in [-0.2, -0.15) is 0 Å². The van der Waals surface area contributed by atoms with Gasteiger partial charge < -0.3 is 4.84 Å². The van der Waals surface area contributed by atoms with Gasteiger partial charge in [0, 0.05) is 0 Å². The molecule has 0 spiro atoms. The van der Waals surface area contributed by atoms with E-state index in [4.69, 9.17) is 0 Å². The number of carbonyl (C=O) groups excluding carboxylic acids is 1. The van der Waals surface area contributed by atoms with Crippen molar-refractivity contribution in [3.63, 3.8) is 0 Å². The first kappa shape index (κ1) is 11.2. The second-order valence-electron chi connectivity index (χ2n) is 2.97. The van der Waals surface area contributed by atoms with Crippen LogP contribution >= 0.6 is 0 Å². The molecule has 0 N–H and O–H groups in total. The first-order valence-corrected chi connectivity index (χ1v) is 4.59. The highest BCUT2D eigenvalue weighted by atomic mass is 16.6. The predicted octanol–water partition coefficient (Wildman–Crippen LogP) is 2.29. The lowest BCUT2D eigenvalue weighted by molar-refractivity contribution is -0.109. The third-order valence-corrected chi connectivity index (χ3v) is 1.81. The molecule has 0 amide bonds. The number of carbonyl (C=O) groups is 1. The van der Waals surface area contributed by atoms with Crippen LogP contribution in [0.2, 0.25) is 0 Å². The molecule has 1 aromatic rings. The van der Waals surface area contributed by atoms with E-state index < -0.39 is 0 Å². The van der Waals surface area contributed by atoms with E-state index in [9.17, 15) is 4.79 Å². The van der Waals surface area contributed by atoms with Gasteiger partial charge in [0.1, 0.15) is 12.8 Å². The van der Waals surface area contributed by atoms with Crippen molar-refractivity contribution in [2.24, 2.45) is 5.16 Å². The van der Waals surface area contributed by atoms with Crippen LogP contribution < -0.4 is 0 Å². The zero-order chi connectivity index (χ0) is 11.1. The molecule has 0 saturated carbocycles. The van der Waals surface area contributed by atoms with E-state index >= 15 is 0 Å². The Bertz CT molecular complexity index is 380. The van der Waals surface area contributed by atoms with Crippen LogP contribution in [0.1, 0.15) is 12.5 Å². The molecule has 0 aromatic heterocycles. The van der Waals surface area contributed by atoms with Crippen molar-refractivity contribution < 1.29 is 9.63 Å². The van der Waals surface area contributed by atoms with Crippen LogP contribution in [0.5, 0.6) is 0 Å². The van der Waals surface area contributed by atoms with Crippen LogP contribution in [0.4, 0.5) is 0 Å². The third kappa shape index (κ3) is 3.77. The summed E-state index contributed by atoms with van der Waals surface area (Å²) in [6, 6.07) is 9.61. The van der Waals surface area contributed by atoms with E-state index in [2.05, 4.69) is 9.99 Å². The molecule has 1 aromatic carbocycles. The molecule has 3 nitrogen and oxygen atoms in total. The monoisotopic (exact) mass is 203 g/mol. The number of benzene rings is 1. The number of nitrogens with zero attached hydrogens (tertiary/aromatic N) is 1. The number of allylic oxidation sites excluding steroid dienone is 1. The molecule has 0 bridgehead atoms. The average Bonchev–Trinajstić information content (AvgIpc) is 2.27. The van der Waals surface area contributed by atoms with Crippen LogP contribution in [-0.4, -0.2) is 18.6 Å². The van der Waals surface area contributed by atoms with Gasteiger partial charge >= 0.3 is 0 Å². The Morgan fingerprint density at radius 3 is 2.60 bits per heavy atom. The van der Waals surface area contributed by atoms with Crippen LogP contribution in [0.25, 0.3) is 6.08 Å². The van der Waals surface area contributed by atoms with Crippen molar-refractivity contribution in [2.45, 2.75) is 6.92 Å². The summed E-state index contributed by atoms with van der Waals surface area (Å²) in [5.41, 5.74) is 1.32. The highest BCUT2D eigenvalue weighted by Gasteiger charge is 2.00. The summed E-state index contributed by atoms with van der Waals surface area (Å²) < 4.78 is 0. The molecule has 1 rings (SSSR count). The van der Waals surface area contributed by atoms with E-state index in [-0.39, 0.29) is 5.78 Å². The number of oxime groups is 1. The maximum Gasteiger partial charge on any atom is 0.203 e. The minimum atomic E-state index is -0.152. The molecule has 0 atom stereocenters. The standard InChI is InChI=1S/C12H13NO2/c1-10(13-15-2)12(14)9-8-11-6-4-3-5-7-11/h3-9H,1-2H3/b9-8+,13-10+. The van der Waals surface area contributed by atoms with E-state index in [0.29, 0.717) is 5.71 Å². The lowest BCUT2D eigenvalue weighted by Crippen LogP contribution is -2.06. The molecule has 0 aliphatic rings. The largest absolute Gasteiger partial charge is 0.399 e. The Hall–Kier alpha value is -1.90. The Balaban J connectivity index is 2.67. The van der Waals surface area contributed by atoms with Gasteiger partial charge in [-0.05, 0) is 18.6 Å². The Kier molecular flexibility index (Phi) is 4.29. The second kappa shape index (κ2) is 5.75. The minimum Gasteiger partial charge on any atom is -0.399 e. The summed E-state index contributed by atoms with van der Waals surface area (Å²) in [4.78, 5) is 15.9. The molecule has 0 heterocycles. The number of ketones is 1. The number of hydrogen-bond donors (Lipinski definition) is 0. The predicted molar refractivity (Wildman–Crippen MR) is 60.6 cm³/mol. The maximum atomic E-state index is 11.4. The lowest BCUT2D eigenvalue weighted by atomic mass is 10.2. The topological polar surface area (TPSA) is 38.7 Å². The molecular weight excluding hydrogens is 190 g/mol. The first-order chi connectivity index (χ1) is 7.24. The quantitative estimate of drug-likeness (QED) is 0.428. The van der Waals surface area contributed by atoms with Crippen molar-refractivity contribution in [3.8, 4) is 0 Å². The number of rotatable bonds is 4. The van der Waals surface area contributed by atoms with Crippen molar-refractivity contribution in [1.29, 1.82) is 0 Å². The molecule has 15 heavy (non-hydrogen) atoms. The molecule has 0 unspecified atom stereocenters. The highest BCUT2D eigenvalue weighted by molar-refractivity contribution is 6.43. The van der Waals surface area contributed by atoms with Crippen molar-refractivity contribution in [1.82, 2.24) is 0 Å². The SMILES string of the molecule is CO/N=C(\C)C(=O)/C=C/c1ccccc1.